The first-order valence-electron chi connectivity index (χ1n) is 14.7. The van der Waals surface area contributed by atoms with E-state index in [0.717, 1.165) is 73.7 Å². The number of allylic oxidation sites excluding steroid dienone is 1. The molecule has 1 N–H and O–H groups in total. The van der Waals surface area contributed by atoms with Crippen LogP contribution in [0.25, 0.3) is 16.6 Å². The van der Waals surface area contributed by atoms with Crippen molar-refractivity contribution in [2.24, 2.45) is 0 Å². The first kappa shape index (κ1) is 29.2. The molecule has 2 aliphatic rings. The zero-order valence-electron chi connectivity index (χ0n) is 24.9. The molecule has 4 aromatic rings. The minimum atomic E-state index is -0.442. The van der Waals surface area contributed by atoms with Crippen LogP contribution in [0.3, 0.4) is 0 Å². The van der Waals surface area contributed by atoms with E-state index in [9.17, 15) is 4.79 Å². The van der Waals surface area contributed by atoms with Crippen molar-refractivity contribution in [1.29, 1.82) is 0 Å². The highest BCUT2D eigenvalue weighted by molar-refractivity contribution is 6.30. The number of methoxy groups -OCH3 is 2. The predicted molar refractivity (Wildman–Crippen MR) is 170 cm³/mol. The Morgan fingerprint density at radius 1 is 1.05 bits per heavy atom. The number of nitrogens with one attached hydrogen (secondary N) is 1. The molecule has 3 heterocycles. The highest BCUT2D eigenvalue weighted by Crippen LogP contribution is 2.40. The van der Waals surface area contributed by atoms with Gasteiger partial charge in [0.2, 0.25) is 0 Å². The molecular weight excluding hydrogens is 564 g/mol. The van der Waals surface area contributed by atoms with Gasteiger partial charge in [-0.25, -0.2) is 9.78 Å². The van der Waals surface area contributed by atoms with Crippen molar-refractivity contribution < 1.29 is 19.0 Å². The second-order valence-electron chi connectivity index (χ2n) is 11.5. The second-order valence-corrected chi connectivity index (χ2v) is 12.0. The lowest BCUT2D eigenvalue weighted by molar-refractivity contribution is -0.00391. The van der Waals surface area contributed by atoms with Gasteiger partial charge in [0.05, 0.1) is 18.9 Å². The summed E-state index contributed by atoms with van der Waals surface area (Å²) in [5.74, 6) is 0.559. The molecule has 6 rings (SSSR count). The van der Waals surface area contributed by atoms with E-state index in [1.807, 2.05) is 49.7 Å². The number of carbonyl (C=O) groups excluding carboxylic acids is 1. The molecule has 0 radical (unpaired) electrons. The Labute approximate surface area is 257 Å². The summed E-state index contributed by atoms with van der Waals surface area (Å²) in [6.07, 6.45) is 6.39. The predicted octanol–water partition coefficient (Wildman–Crippen LogP) is 6.96. The summed E-state index contributed by atoms with van der Waals surface area (Å²) in [4.78, 5) is 24.9. The van der Waals surface area contributed by atoms with Crippen molar-refractivity contribution in [3.8, 4) is 11.5 Å². The fraction of sp³-hybridized carbons (Fsp3) is 0.353. The lowest BCUT2D eigenvalue weighted by Crippen LogP contribution is -2.47. The number of pyridine rings is 1. The molecule has 1 saturated heterocycles. The van der Waals surface area contributed by atoms with Crippen LogP contribution in [0, 0.1) is 0 Å². The number of benzene rings is 2. The normalized spacial score (nSPS) is 19.6. The molecule has 43 heavy (non-hydrogen) atoms. The molecular formula is C34H37ClN4O4. The van der Waals surface area contributed by atoms with Crippen LogP contribution < -0.4 is 9.64 Å². The van der Waals surface area contributed by atoms with Crippen LogP contribution in [-0.4, -0.2) is 73.4 Å². The Morgan fingerprint density at radius 2 is 1.84 bits per heavy atom. The minimum absolute atomic E-state index is 0.147. The molecule has 0 amide bonds. The van der Waals surface area contributed by atoms with E-state index >= 15 is 0 Å². The lowest BCUT2D eigenvalue weighted by Gasteiger charge is -2.40. The highest BCUT2D eigenvalue weighted by Gasteiger charge is 2.33. The maximum atomic E-state index is 12.6. The summed E-state index contributed by atoms with van der Waals surface area (Å²) in [6, 6.07) is 17.7. The number of hydrogen-bond acceptors (Lipinski definition) is 7. The van der Waals surface area contributed by atoms with E-state index in [2.05, 4.69) is 38.8 Å². The van der Waals surface area contributed by atoms with Gasteiger partial charge in [-0.05, 0) is 79.3 Å². The number of hydrogen-bond donors (Lipinski definition) is 1. The fourth-order valence-electron chi connectivity index (χ4n) is 6.15. The largest absolute Gasteiger partial charge is 0.465 e. The summed E-state index contributed by atoms with van der Waals surface area (Å²) < 4.78 is 17.2. The summed E-state index contributed by atoms with van der Waals surface area (Å²) in [5.41, 5.74) is 6.12. The summed E-state index contributed by atoms with van der Waals surface area (Å²) in [7, 11) is 3.20. The molecule has 1 aliphatic carbocycles. The average Bonchev–Trinajstić information content (AvgIpc) is 3.50. The van der Waals surface area contributed by atoms with Gasteiger partial charge < -0.3 is 24.1 Å². The van der Waals surface area contributed by atoms with Gasteiger partial charge in [-0.1, -0.05) is 23.7 Å². The van der Waals surface area contributed by atoms with Crippen molar-refractivity contribution in [3.63, 3.8) is 0 Å². The number of piperazine rings is 1. The van der Waals surface area contributed by atoms with Gasteiger partial charge in [0, 0.05) is 68.2 Å². The number of anilines is 1. The zero-order valence-corrected chi connectivity index (χ0v) is 25.6. The van der Waals surface area contributed by atoms with Crippen molar-refractivity contribution >= 4 is 39.9 Å². The third-order valence-electron chi connectivity index (χ3n) is 8.73. The van der Waals surface area contributed by atoms with Crippen molar-refractivity contribution in [3.05, 3.63) is 88.7 Å². The maximum Gasteiger partial charge on any atom is 0.341 e. The Morgan fingerprint density at radius 3 is 2.58 bits per heavy atom. The van der Waals surface area contributed by atoms with Crippen LogP contribution in [0.4, 0.5) is 5.69 Å². The van der Waals surface area contributed by atoms with Gasteiger partial charge in [-0.3, -0.25) is 4.90 Å². The Bertz CT molecular complexity index is 1640. The molecule has 1 atom stereocenters. The van der Waals surface area contributed by atoms with Gasteiger partial charge in [0.15, 0.2) is 0 Å². The SMILES string of the molecule is COC(=O)c1ccc(N2CCN(CC3=C(c4ccc(Cl)cc4)CC[C@@](C)(OC)C3)CC2)cc1Oc1cnc2[nH]ccc2c1. The van der Waals surface area contributed by atoms with E-state index in [1.54, 1.807) is 12.3 Å². The number of esters is 1. The molecule has 2 aromatic carbocycles. The quantitative estimate of drug-likeness (QED) is 0.219. The van der Waals surface area contributed by atoms with Gasteiger partial charge in [-0.15, -0.1) is 0 Å². The maximum absolute atomic E-state index is 12.6. The fourth-order valence-corrected chi connectivity index (χ4v) is 6.27. The third-order valence-corrected chi connectivity index (χ3v) is 8.98. The van der Waals surface area contributed by atoms with Crippen LogP contribution in [0.5, 0.6) is 11.5 Å². The molecule has 8 nitrogen and oxygen atoms in total. The highest BCUT2D eigenvalue weighted by atomic mass is 35.5. The smallest absolute Gasteiger partial charge is 0.341 e. The number of nitrogens with zero attached hydrogens (tertiary/aromatic N) is 3. The zero-order chi connectivity index (χ0) is 30.0. The third kappa shape index (κ3) is 6.42. The molecule has 9 heteroatoms. The number of H-pyrrole nitrogens is 1. The standard InChI is InChI=1S/C34H37ClN4O4/c1-34(42-3)12-10-29(23-4-6-26(35)7-5-23)25(20-34)22-38-14-16-39(17-15-38)27-8-9-30(33(40)41-2)31(19-27)43-28-18-24-11-13-36-32(24)37-21-28/h4-9,11,13,18-19,21H,10,12,14-17,20,22H2,1-3H3,(H,36,37)/t34-/m1/s1. The summed E-state index contributed by atoms with van der Waals surface area (Å²) >= 11 is 6.19. The number of carbonyl (C=O) groups is 1. The van der Waals surface area contributed by atoms with E-state index in [-0.39, 0.29) is 5.60 Å². The number of aromatic amines is 1. The topological polar surface area (TPSA) is 79.9 Å². The van der Waals surface area contributed by atoms with Crippen LogP contribution in [0.2, 0.25) is 5.02 Å². The first-order valence-corrected chi connectivity index (χ1v) is 15.0. The molecule has 0 spiro atoms. The second kappa shape index (κ2) is 12.4. The Hall–Kier alpha value is -3.85. The van der Waals surface area contributed by atoms with E-state index in [0.29, 0.717) is 17.1 Å². The molecule has 1 aliphatic heterocycles. The van der Waals surface area contributed by atoms with Crippen LogP contribution >= 0.6 is 11.6 Å². The van der Waals surface area contributed by atoms with Crippen LogP contribution in [0.15, 0.2) is 72.6 Å². The van der Waals surface area contributed by atoms with E-state index in [1.165, 1.54) is 23.8 Å². The van der Waals surface area contributed by atoms with E-state index in [4.69, 9.17) is 25.8 Å². The minimum Gasteiger partial charge on any atom is -0.465 e. The number of fused-ring (bicyclic) bond motifs is 1. The summed E-state index contributed by atoms with van der Waals surface area (Å²) in [6.45, 7) is 6.69. The van der Waals surface area contributed by atoms with Crippen molar-refractivity contribution in [2.75, 3.05) is 51.8 Å². The lowest BCUT2D eigenvalue weighted by atomic mass is 9.79. The monoisotopic (exact) mass is 600 g/mol. The van der Waals surface area contributed by atoms with E-state index < -0.39 is 5.97 Å². The molecule has 0 saturated carbocycles. The Kier molecular flexibility index (Phi) is 8.43. The van der Waals surface area contributed by atoms with Gasteiger partial charge in [-0.2, -0.15) is 0 Å². The van der Waals surface area contributed by atoms with Crippen molar-refractivity contribution in [2.45, 2.75) is 31.8 Å². The number of rotatable bonds is 8. The molecule has 0 bridgehead atoms. The molecule has 2 aromatic heterocycles. The molecule has 224 valence electrons. The number of halogens is 1. The van der Waals surface area contributed by atoms with Crippen LogP contribution in [0.1, 0.15) is 42.1 Å². The molecule has 1 fully saturated rings. The number of ether oxygens (including phenoxy) is 3. The van der Waals surface area contributed by atoms with Crippen LogP contribution in [-0.2, 0) is 9.47 Å². The average molecular weight is 601 g/mol. The Balaban J connectivity index is 1.18. The first-order chi connectivity index (χ1) is 20.8. The van der Waals surface area contributed by atoms with Gasteiger partial charge >= 0.3 is 5.97 Å². The summed E-state index contributed by atoms with van der Waals surface area (Å²) in [5, 5.41) is 1.69. The number of aromatic nitrogens is 2. The van der Waals surface area contributed by atoms with Crippen molar-refractivity contribution in [1.82, 2.24) is 14.9 Å². The van der Waals surface area contributed by atoms with Gasteiger partial charge in [0.1, 0.15) is 22.7 Å². The van der Waals surface area contributed by atoms with Gasteiger partial charge in [0.25, 0.3) is 0 Å². The molecule has 0 unspecified atom stereocenters.